The highest BCUT2D eigenvalue weighted by Gasteiger charge is 2.76. The fraction of sp³-hybridized carbons (Fsp3) is 0.912. The molecule has 3 aliphatic carbocycles. The summed E-state index contributed by atoms with van der Waals surface area (Å²) in [5.41, 5.74) is -7.94. The number of carboxylic acid groups (broad SMARTS) is 3. The van der Waals surface area contributed by atoms with Crippen molar-refractivity contribution in [3.63, 3.8) is 0 Å². The second-order valence-corrected chi connectivity index (χ2v) is 13.8. The molecule has 0 aromatic heterocycles. The molecule has 0 spiro atoms. The van der Waals surface area contributed by atoms with Gasteiger partial charge in [0.25, 0.3) is 0 Å². The van der Waals surface area contributed by atoms with Crippen LogP contribution in [-0.4, -0.2) is 43.9 Å². The Morgan fingerprint density at radius 3 is 0.634 bits per heavy atom. The van der Waals surface area contributed by atoms with E-state index in [1.54, 1.807) is 0 Å². The number of rotatable bonds is 6. The van der Waals surface area contributed by atoms with Crippen molar-refractivity contribution >= 4 is 17.9 Å². The van der Waals surface area contributed by atoms with Crippen LogP contribution in [0.1, 0.15) is 173 Å². The molecule has 0 aliphatic heterocycles. The van der Waals surface area contributed by atoms with Crippen LogP contribution in [0.2, 0.25) is 0 Å². The van der Waals surface area contributed by atoms with Crippen LogP contribution in [0.25, 0.3) is 0 Å². The Morgan fingerprint density at radius 2 is 0.488 bits per heavy atom. The molecule has 41 heavy (non-hydrogen) atoms. The Bertz CT molecular complexity index is 713. The summed E-state index contributed by atoms with van der Waals surface area (Å²) in [6.07, 6.45) is 18.1. The van der Waals surface area contributed by atoms with Gasteiger partial charge in [0, 0.05) is 0 Å². The van der Waals surface area contributed by atoms with Crippen molar-refractivity contribution in [3.8, 4) is 0 Å². The number of aliphatic hydroxyl groups is 1. The van der Waals surface area contributed by atoms with Crippen LogP contribution in [0.3, 0.4) is 0 Å². The molecule has 0 radical (unpaired) electrons. The summed E-state index contributed by atoms with van der Waals surface area (Å²) >= 11 is 0. The molecule has 7 heteroatoms. The van der Waals surface area contributed by atoms with E-state index in [1.165, 1.54) is 0 Å². The predicted octanol–water partition coefficient (Wildman–Crippen LogP) is 8.50. The minimum atomic E-state index is -2.42. The second-order valence-electron chi connectivity index (χ2n) is 13.8. The van der Waals surface area contributed by atoms with Gasteiger partial charge in [0.15, 0.2) is 0 Å². The van der Waals surface area contributed by atoms with Crippen molar-refractivity contribution < 1.29 is 34.8 Å². The van der Waals surface area contributed by atoms with Crippen LogP contribution in [0.15, 0.2) is 0 Å². The quantitative estimate of drug-likeness (QED) is 0.248. The molecule has 236 valence electrons. The summed E-state index contributed by atoms with van der Waals surface area (Å²) in [4.78, 5) is 41.4. The van der Waals surface area contributed by atoms with E-state index in [1.807, 2.05) is 0 Å². The van der Waals surface area contributed by atoms with Gasteiger partial charge in [-0.05, 0) is 38.5 Å². The first-order valence-electron chi connectivity index (χ1n) is 17.1. The van der Waals surface area contributed by atoms with E-state index in [4.69, 9.17) is 0 Å². The highest BCUT2D eigenvalue weighted by atomic mass is 16.4. The number of hydrogen-bond donors (Lipinski definition) is 4. The van der Waals surface area contributed by atoms with Crippen molar-refractivity contribution in [2.45, 2.75) is 179 Å². The molecule has 0 amide bonds. The van der Waals surface area contributed by atoms with E-state index in [2.05, 4.69) is 0 Å². The first-order chi connectivity index (χ1) is 19.7. The van der Waals surface area contributed by atoms with Gasteiger partial charge in [0.1, 0.15) is 5.60 Å². The summed E-state index contributed by atoms with van der Waals surface area (Å²) in [5.74, 6) is -3.59. The summed E-state index contributed by atoms with van der Waals surface area (Å²) in [7, 11) is 0. The van der Waals surface area contributed by atoms with Gasteiger partial charge in [0.2, 0.25) is 0 Å². The van der Waals surface area contributed by atoms with Crippen molar-refractivity contribution in [2.24, 2.45) is 16.2 Å². The van der Waals surface area contributed by atoms with Crippen molar-refractivity contribution in [1.29, 1.82) is 0 Å². The molecule has 3 rings (SSSR count). The lowest BCUT2D eigenvalue weighted by atomic mass is 9.42. The third-order valence-corrected chi connectivity index (χ3v) is 11.4. The largest absolute Gasteiger partial charge is 0.481 e. The molecule has 0 aromatic rings. The Kier molecular flexibility index (Phi) is 13.0. The Labute approximate surface area is 247 Å². The Hall–Kier alpha value is -1.63. The van der Waals surface area contributed by atoms with E-state index >= 15 is 0 Å². The van der Waals surface area contributed by atoms with Crippen LogP contribution in [-0.2, 0) is 14.4 Å². The number of hydrogen-bond acceptors (Lipinski definition) is 4. The molecular formula is C34H58O7. The van der Waals surface area contributed by atoms with Gasteiger partial charge in [-0.2, -0.15) is 0 Å². The lowest BCUT2D eigenvalue weighted by molar-refractivity contribution is -0.264. The van der Waals surface area contributed by atoms with Gasteiger partial charge in [-0.15, -0.1) is 0 Å². The maximum atomic E-state index is 13.8. The Morgan fingerprint density at radius 1 is 0.341 bits per heavy atom. The fourth-order valence-corrected chi connectivity index (χ4v) is 9.15. The molecular weight excluding hydrogens is 520 g/mol. The van der Waals surface area contributed by atoms with Gasteiger partial charge in [0.05, 0.1) is 16.2 Å². The van der Waals surface area contributed by atoms with Crippen LogP contribution < -0.4 is 0 Å². The maximum absolute atomic E-state index is 13.8. The highest BCUT2D eigenvalue weighted by Crippen LogP contribution is 2.65. The average molecular weight is 579 g/mol. The summed E-state index contributed by atoms with van der Waals surface area (Å²) < 4.78 is 0. The molecule has 0 aromatic carbocycles. The number of aliphatic carboxylic acids is 3. The third-order valence-electron chi connectivity index (χ3n) is 11.4. The predicted molar refractivity (Wildman–Crippen MR) is 160 cm³/mol. The number of carboxylic acids is 3. The first-order valence-corrected chi connectivity index (χ1v) is 17.1. The van der Waals surface area contributed by atoms with E-state index < -0.39 is 39.8 Å². The SMILES string of the molecule is O=C(O)C1(C(O)(C2(C(=O)O)CCCCCCCCC2)C2(C(=O)O)CCCCCCCCC2)CCCCCCCCC1. The first kappa shape index (κ1) is 33.9. The summed E-state index contributed by atoms with van der Waals surface area (Å²) in [6, 6.07) is 0. The second kappa shape index (κ2) is 15.7. The van der Waals surface area contributed by atoms with Gasteiger partial charge in [-0.1, -0.05) is 135 Å². The number of carbonyl (C=O) groups is 3. The molecule has 0 bridgehead atoms. The zero-order chi connectivity index (χ0) is 29.8. The Balaban J connectivity index is 2.37. The van der Waals surface area contributed by atoms with Crippen LogP contribution in [0, 0.1) is 16.2 Å². The van der Waals surface area contributed by atoms with E-state index in [0.717, 1.165) is 96.3 Å². The van der Waals surface area contributed by atoms with Crippen LogP contribution in [0.4, 0.5) is 0 Å². The molecule has 7 nitrogen and oxygen atoms in total. The molecule has 0 unspecified atom stereocenters. The molecule has 3 saturated carbocycles. The molecule has 0 heterocycles. The zero-order valence-corrected chi connectivity index (χ0v) is 25.6. The monoisotopic (exact) mass is 578 g/mol. The van der Waals surface area contributed by atoms with Gasteiger partial charge >= 0.3 is 17.9 Å². The lowest BCUT2D eigenvalue weighted by Crippen LogP contribution is -2.74. The third kappa shape index (κ3) is 6.96. The lowest BCUT2D eigenvalue weighted by Gasteiger charge is -2.61. The average Bonchev–Trinajstić information content (AvgIpc) is 2.96. The van der Waals surface area contributed by atoms with Gasteiger partial charge in [-0.25, -0.2) is 0 Å². The molecule has 4 N–H and O–H groups in total. The topological polar surface area (TPSA) is 132 Å². The molecule has 3 fully saturated rings. The maximum Gasteiger partial charge on any atom is 0.312 e. The van der Waals surface area contributed by atoms with E-state index in [9.17, 15) is 34.8 Å². The van der Waals surface area contributed by atoms with Gasteiger partial charge < -0.3 is 20.4 Å². The molecule has 3 aliphatic rings. The smallest absolute Gasteiger partial charge is 0.312 e. The van der Waals surface area contributed by atoms with Crippen molar-refractivity contribution in [1.82, 2.24) is 0 Å². The van der Waals surface area contributed by atoms with Crippen molar-refractivity contribution in [2.75, 3.05) is 0 Å². The minimum absolute atomic E-state index is 0.128. The molecule has 0 atom stereocenters. The van der Waals surface area contributed by atoms with Gasteiger partial charge in [-0.3, -0.25) is 14.4 Å². The summed E-state index contributed by atoms with van der Waals surface area (Å²) in [6.45, 7) is 0. The normalized spacial score (nSPS) is 25.7. The van der Waals surface area contributed by atoms with E-state index in [-0.39, 0.29) is 38.5 Å². The van der Waals surface area contributed by atoms with Crippen LogP contribution in [0.5, 0.6) is 0 Å². The minimum Gasteiger partial charge on any atom is -0.481 e. The molecule has 0 saturated heterocycles. The zero-order valence-electron chi connectivity index (χ0n) is 25.6. The van der Waals surface area contributed by atoms with Crippen molar-refractivity contribution in [3.05, 3.63) is 0 Å². The summed E-state index contributed by atoms with van der Waals surface area (Å²) in [5, 5.41) is 47.5. The van der Waals surface area contributed by atoms with E-state index in [0.29, 0.717) is 38.5 Å². The van der Waals surface area contributed by atoms with Crippen LogP contribution >= 0.6 is 0 Å². The highest BCUT2D eigenvalue weighted by molar-refractivity contribution is 5.87. The standard InChI is InChI=1S/C34H58O7/c35-28(36)31(22-16-10-4-1-5-11-17-23-31)34(41,32(29(37)38)24-18-12-6-2-7-13-19-25-32)33(30(39)40)26-20-14-8-3-9-15-21-27-33/h41H,1-27H2,(H,35,36)(H,37,38)(H,39,40). The fourth-order valence-electron chi connectivity index (χ4n) is 9.15.